The molecule has 1 aromatic heterocycles. The summed E-state index contributed by atoms with van der Waals surface area (Å²) in [7, 11) is 2.01. The zero-order chi connectivity index (χ0) is 16.0. The second-order valence-electron chi connectivity index (χ2n) is 6.89. The Labute approximate surface area is 130 Å². The van der Waals surface area contributed by atoms with Crippen molar-refractivity contribution in [3.8, 4) is 0 Å². The first-order valence-corrected chi connectivity index (χ1v) is 8.16. The van der Waals surface area contributed by atoms with E-state index < -0.39 is 0 Å². The molecule has 1 N–H and O–H groups in total. The van der Waals surface area contributed by atoms with E-state index in [1.165, 1.54) is 0 Å². The fourth-order valence-corrected chi connectivity index (χ4v) is 2.65. The summed E-state index contributed by atoms with van der Waals surface area (Å²) >= 11 is 0. The Morgan fingerprint density at radius 2 is 2.00 bits per heavy atom. The van der Waals surface area contributed by atoms with E-state index in [0.717, 1.165) is 25.1 Å². The predicted octanol–water partition coefficient (Wildman–Crippen LogP) is 3.44. The maximum atomic E-state index is 6.01. The van der Waals surface area contributed by atoms with Crippen LogP contribution < -0.4 is 5.32 Å². The van der Waals surface area contributed by atoms with E-state index in [-0.39, 0.29) is 17.6 Å². The standard InChI is InChI=1S/C17H33N3O/c1-8-13(3)20-11-10-14(19-20)12-15(18-7)16(21-9-2)17(4,5)6/h10-11,13,15-16,18H,8-9,12H2,1-7H3. The minimum Gasteiger partial charge on any atom is -0.376 e. The second-order valence-corrected chi connectivity index (χ2v) is 6.89. The Bertz CT molecular complexity index is 408. The number of likely N-dealkylation sites (N-methyl/N-ethyl adjacent to an activating group) is 1. The Balaban J connectivity index is 2.82. The van der Waals surface area contributed by atoms with Gasteiger partial charge in [-0.25, -0.2) is 0 Å². The highest BCUT2D eigenvalue weighted by atomic mass is 16.5. The molecule has 1 rings (SSSR count). The van der Waals surface area contributed by atoms with Crippen LogP contribution in [0.2, 0.25) is 0 Å². The topological polar surface area (TPSA) is 39.1 Å². The second kappa shape index (κ2) is 7.95. The van der Waals surface area contributed by atoms with Crippen LogP contribution in [-0.4, -0.2) is 35.6 Å². The van der Waals surface area contributed by atoms with E-state index in [9.17, 15) is 0 Å². The largest absolute Gasteiger partial charge is 0.376 e. The van der Waals surface area contributed by atoms with E-state index in [1.807, 2.05) is 7.05 Å². The summed E-state index contributed by atoms with van der Waals surface area (Å²) in [6, 6.07) is 2.85. The van der Waals surface area contributed by atoms with Crippen LogP contribution in [0.5, 0.6) is 0 Å². The predicted molar refractivity (Wildman–Crippen MR) is 88.6 cm³/mol. The maximum Gasteiger partial charge on any atom is 0.0779 e. The van der Waals surface area contributed by atoms with Crippen molar-refractivity contribution in [3.63, 3.8) is 0 Å². The molecule has 0 saturated heterocycles. The Kier molecular flexibility index (Phi) is 6.88. The summed E-state index contributed by atoms with van der Waals surface area (Å²) in [4.78, 5) is 0. The van der Waals surface area contributed by atoms with Crippen molar-refractivity contribution in [2.24, 2.45) is 5.41 Å². The third kappa shape index (κ3) is 5.11. The molecule has 4 nitrogen and oxygen atoms in total. The molecule has 0 amide bonds. The van der Waals surface area contributed by atoms with Gasteiger partial charge in [-0.05, 0) is 38.8 Å². The van der Waals surface area contributed by atoms with Gasteiger partial charge >= 0.3 is 0 Å². The first kappa shape index (κ1) is 18.2. The molecule has 0 aliphatic carbocycles. The first-order valence-electron chi connectivity index (χ1n) is 8.16. The smallest absolute Gasteiger partial charge is 0.0779 e. The zero-order valence-electron chi connectivity index (χ0n) is 14.8. The van der Waals surface area contributed by atoms with Gasteiger partial charge in [-0.1, -0.05) is 27.7 Å². The minimum absolute atomic E-state index is 0.100. The van der Waals surface area contributed by atoms with Crippen molar-refractivity contribution in [1.82, 2.24) is 15.1 Å². The Morgan fingerprint density at radius 1 is 1.33 bits per heavy atom. The van der Waals surface area contributed by atoms with Crippen molar-refractivity contribution in [2.45, 2.75) is 72.6 Å². The number of nitrogens with one attached hydrogen (secondary N) is 1. The quantitative estimate of drug-likeness (QED) is 0.798. The van der Waals surface area contributed by atoms with E-state index in [4.69, 9.17) is 9.84 Å². The molecule has 0 radical (unpaired) electrons. The average molecular weight is 295 g/mol. The van der Waals surface area contributed by atoms with Crippen LogP contribution in [0.3, 0.4) is 0 Å². The van der Waals surface area contributed by atoms with Gasteiger partial charge < -0.3 is 10.1 Å². The van der Waals surface area contributed by atoms with Crippen molar-refractivity contribution < 1.29 is 4.74 Å². The van der Waals surface area contributed by atoms with Crippen LogP contribution in [0.1, 0.15) is 59.7 Å². The molecule has 0 saturated carbocycles. The summed E-state index contributed by atoms with van der Waals surface area (Å²) in [5.74, 6) is 0. The summed E-state index contributed by atoms with van der Waals surface area (Å²) in [5, 5.41) is 8.13. The number of ether oxygens (including phenoxy) is 1. The molecule has 0 bridgehead atoms. The molecule has 4 heteroatoms. The van der Waals surface area contributed by atoms with Gasteiger partial charge in [0.05, 0.1) is 11.8 Å². The highest BCUT2D eigenvalue weighted by Crippen LogP contribution is 2.26. The number of hydrogen-bond acceptors (Lipinski definition) is 3. The molecule has 0 aliphatic rings. The van der Waals surface area contributed by atoms with Crippen molar-refractivity contribution in [3.05, 3.63) is 18.0 Å². The van der Waals surface area contributed by atoms with Gasteiger partial charge in [0.1, 0.15) is 0 Å². The Morgan fingerprint density at radius 3 is 2.48 bits per heavy atom. The van der Waals surface area contributed by atoms with Gasteiger partial charge in [-0.2, -0.15) is 5.10 Å². The third-order valence-electron chi connectivity index (χ3n) is 4.07. The first-order chi connectivity index (χ1) is 9.83. The van der Waals surface area contributed by atoms with Gasteiger partial charge in [0.25, 0.3) is 0 Å². The fourth-order valence-electron chi connectivity index (χ4n) is 2.65. The Hall–Kier alpha value is -0.870. The van der Waals surface area contributed by atoms with Crippen LogP contribution in [0.15, 0.2) is 12.3 Å². The number of hydrogen-bond donors (Lipinski definition) is 1. The lowest BCUT2D eigenvalue weighted by atomic mass is 9.83. The molecule has 3 unspecified atom stereocenters. The van der Waals surface area contributed by atoms with Crippen molar-refractivity contribution in [2.75, 3.05) is 13.7 Å². The molecule has 0 aliphatic heterocycles. The summed E-state index contributed by atoms with van der Waals surface area (Å²) < 4.78 is 8.07. The highest BCUT2D eigenvalue weighted by Gasteiger charge is 2.32. The van der Waals surface area contributed by atoms with Crippen molar-refractivity contribution in [1.29, 1.82) is 0 Å². The van der Waals surface area contributed by atoms with Crippen LogP contribution in [0, 0.1) is 5.41 Å². The minimum atomic E-state index is 0.100. The lowest BCUT2D eigenvalue weighted by Crippen LogP contribution is -2.48. The number of aromatic nitrogens is 2. The lowest BCUT2D eigenvalue weighted by Gasteiger charge is -2.36. The van der Waals surface area contributed by atoms with Crippen LogP contribution in [0.25, 0.3) is 0 Å². The van der Waals surface area contributed by atoms with Gasteiger partial charge in [0, 0.05) is 31.3 Å². The molecular formula is C17H33N3O. The molecule has 3 atom stereocenters. The molecular weight excluding hydrogens is 262 g/mol. The monoisotopic (exact) mass is 295 g/mol. The van der Waals surface area contributed by atoms with Crippen LogP contribution in [0.4, 0.5) is 0 Å². The van der Waals surface area contributed by atoms with Crippen molar-refractivity contribution >= 4 is 0 Å². The van der Waals surface area contributed by atoms with E-state index in [2.05, 4.69) is 63.8 Å². The van der Waals surface area contributed by atoms with Crippen LogP contribution >= 0.6 is 0 Å². The lowest BCUT2D eigenvalue weighted by molar-refractivity contribution is -0.0342. The fraction of sp³-hybridized carbons (Fsp3) is 0.824. The zero-order valence-corrected chi connectivity index (χ0v) is 14.8. The SMILES string of the molecule is CCOC(C(Cc1ccn(C(C)CC)n1)NC)C(C)(C)C. The van der Waals surface area contributed by atoms with Crippen LogP contribution in [-0.2, 0) is 11.2 Å². The highest BCUT2D eigenvalue weighted by molar-refractivity contribution is 5.04. The number of nitrogens with zero attached hydrogens (tertiary/aromatic N) is 2. The molecule has 0 spiro atoms. The molecule has 122 valence electrons. The summed E-state index contributed by atoms with van der Waals surface area (Å²) in [6.07, 6.45) is 4.24. The third-order valence-corrected chi connectivity index (χ3v) is 4.07. The average Bonchev–Trinajstić information content (AvgIpc) is 2.89. The van der Waals surface area contributed by atoms with Gasteiger partial charge in [0.2, 0.25) is 0 Å². The number of rotatable bonds is 8. The molecule has 1 heterocycles. The molecule has 0 aromatic carbocycles. The van der Waals surface area contributed by atoms with Gasteiger partial charge in [-0.3, -0.25) is 4.68 Å². The molecule has 1 aromatic rings. The molecule has 0 fully saturated rings. The summed E-state index contributed by atoms with van der Waals surface area (Å²) in [5.41, 5.74) is 1.23. The van der Waals surface area contributed by atoms with Gasteiger partial charge in [0.15, 0.2) is 0 Å². The van der Waals surface area contributed by atoms with Gasteiger partial charge in [-0.15, -0.1) is 0 Å². The normalized spacial score (nSPS) is 16.7. The summed E-state index contributed by atoms with van der Waals surface area (Å²) in [6.45, 7) is 13.9. The van der Waals surface area contributed by atoms with E-state index in [1.54, 1.807) is 0 Å². The van der Waals surface area contributed by atoms with E-state index >= 15 is 0 Å². The van der Waals surface area contributed by atoms with E-state index in [0.29, 0.717) is 6.04 Å². The molecule has 21 heavy (non-hydrogen) atoms. The maximum absolute atomic E-state index is 6.01.